The number of rotatable bonds is 3. The van der Waals surface area contributed by atoms with Gasteiger partial charge in [0.15, 0.2) is 0 Å². The molecule has 0 fully saturated rings. The molecule has 0 saturated heterocycles. The van der Waals surface area contributed by atoms with Gasteiger partial charge in [-0.2, -0.15) is 0 Å². The van der Waals surface area contributed by atoms with Crippen LogP contribution in [0.1, 0.15) is 20.3 Å². The summed E-state index contributed by atoms with van der Waals surface area (Å²) in [7, 11) is -1.20. The average molecular weight is 198 g/mol. The van der Waals surface area contributed by atoms with Crippen molar-refractivity contribution < 1.29 is 5.11 Å². The third-order valence-electron chi connectivity index (χ3n) is 1.76. The lowest BCUT2D eigenvalue weighted by molar-refractivity contribution is 0.223. The molecular weight excluding hydrogens is 176 g/mol. The lowest BCUT2D eigenvalue weighted by atomic mass is 9.99. The Morgan fingerprint density at radius 1 is 1.23 bits per heavy atom. The Kier molecular flexibility index (Phi) is 5.35. The number of hydrogen-bond acceptors (Lipinski definition) is 1. The molecule has 0 saturated carbocycles. The first-order valence-electron chi connectivity index (χ1n) is 4.98. The van der Waals surface area contributed by atoms with E-state index in [2.05, 4.69) is 45.0 Å². The summed E-state index contributed by atoms with van der Waals surface area (Å²) < 4.78 is 0. The van der Waals surface area contributed by atoms with Crippen LogP contribution in [0.4, 0.5) is 0 Å². The highest BCUT2D eigenvalue weighted by Crippen LogP contribution is 2.10. The van der Waals surface area contributed by atoms with Gasteiger partial charge in [0.25, 0.3) is 0 Å². The zero-order valence-electron chi connectivity index (χ0n) is 9.52. The van der Waals surface area contributed by atoms with Crippen LogP contribution in [0.3, 0.4) is 0 Å². The molecule has 1 N–H and O–H groups in total. The van der Waals surface area contributed by atoms with Gasteiger partial charge in [-0.3, -0.25) is 0 Å². The second kappa shape index (κ2) is 5.46. The highest BCUT2D eigenvalue weighted by Gasteiger charge is 2.09. The summed E-state index contributed by atoms with van der Waals surface area (Å²) >= 11 is 0. The van der Waals surface area contributed by atoms with Crippen LogP contribution in [-0.2, 0) is 0 Å². The molecule has 2 heteroatoms. The van der Waals surface area contributed by atoms with E-state index in [-0.39, 0.29) is 6.61 Å². The summed E-state index contributed by atoms with van der Waals surface area (Å²) in [4.78, 5) is 0. The third-order valence-corrected chi connectivity index (χ3v) is 2.66. The summed E-state index contributed by atoms with van der Waals surface area (Å²) in [5, 5.41) is 8.87. The van der Waals surface area contributed by atoms with E-state index < -0.39 is 8.07 Å². The molecule has 0 unspecified atom stereocenters. The molecule has 0 heterocycles. The maximum Gasteiger partial charge on any atom is 0.129 e. The molecule has 0 bridgehead atoms. The van der Waals surface area contributed by atoms with Crippen LogP contribution in [0, 0.1) is 23.3 Å². The lowest BCUT2D eigenvalue weighted by Gasteiger charge is -2.10. The molecule has 0 aliphatic carbocycles. The fourth-order valence-corrected chi connectivity index (χ4v) is 1.76. The normalized spacial score (nSPS) is 15.8. The van der Waals surface area contributed by atoms with Gasteiger partial charge < -0.3 is 5.11 Å². The fourth-order valence-electron chi connectivity index (χ4n) is 1.08. The monoisotopic (exact) mass is 198 g/mol. The van der Waals surface area contributed by atoms with E-state index in [4.69, 9.17) is 5.11 Å². The van der Waals surface area contributed by atoms with Crippen LogP contribution >= 0.6 is 0 Å². The van der Waals surface area contributed by atoms with Crippen LogP contribution in [0.15, 0.2) is 0 Å². The Balaban J connectivity index is 3.98. The van der Waals surface area contributed by atoms with Crippen molar-refractivity contribution in [1.82, 2.24) is 0 Å². The molecule has 0 radical (unpaired) electrons. The number of aliphatic hydroxyl groups excluding tert-OH is 1. The molecule has 0 aromatic heterocycles. The summed E-state index contributed by atoms with van der Waals surface area (Å²) in [6.07, 6.45) is 1.01. The molecule has 2 atom stereocenters. The van der Waals surface area contributed by atoms with Gasteiger partial charge in [-0.15, -0.1) is 11.5 Å². The smallest absolute Gasteiger partial charge is 0.129 e. The molecular formula is C11H22OSi. The van der Waals surface area contributed by atoms with E-state index in [9.17, 15) is 0 Å². The van der Waals surface area contributed by atoms with Crippen molar-refractivity contribution in [2.45, 2.75) is 39.9 Å². The molecule has 0 aliphatic heterocycles. The number of hydrogen-bond donors (Lipinski definition) is 1. The predicted octanol–water partition coefficient (Wildman–Crippen LogP) is 2.52. The van der Waals surface area contributed by atoms with Gasteiger partial charge in [0.05, 0.1) is 0 Å². The minimum atomic E-state index is -1.20. The zero-order valence-corrected chi connectivity index (χ0v) is 10.5. The van der Waals surface area contributed by atoms with E-state index in [0.29, 0.717) is 11.8 Å². The van der Waals surface area contributed by atoms with Gasteiger partial charge in [-0.05, 0) is 12.3 Å². The summed E-state index contributed by atoms with van der Waals surface area (Å²) in [5.41, 5.74) is 3.36. The Labute approximate surface area is 83.6 Å². The molecule has 0 amide bonds. The molecule has 0 aromatic carbocycles. The highest BCUT2D eigenvalue weighted by atomic mass is 28.3. The third kappa shape index (κ3) is 8.08. The molecule has 0 rings (SSSR count). The van der Waals surface area contributed by atoms with Crippen molar-refractivity contribution in [1.29, 1.82) is 0 Å². The van der Waals surface area contributed by atoms with Crippen LogP contribution in [0.25, 0.3) is 0 Å². The second-order valence-electron chi connectivity index (χ2n) is 4.94. The molecule has 1 nitrogen and oxygen atoms in total. The van der Waals surface area contributed by atoms with Gasteiger partial charge in [0, 0.05) is 12.5 Å². The van der Waals surface area contributed by atoms with Gasteiger partial charge in [-0.25, -0.2) is 0 Å². The maximum atomic E-state index is 8.87. The predicted molar refractivity (Wildman–Crippen MR) is 61.2 cm³/mol. The largest absolute Gasteiger partial charge is 0.396 e. The Bertz CT molecular complexity index is 194. The maximum absolute atomic E-state index is 8.87. The zero-order chi connectivity index (χ0) is 10.5. The quantitative estimate of drug-likeness (QED) is 0.546. The minimum absolute atomic E-state index is 0.277. The topological polar surface area (TPSA) is 20.2 Å². The van der Waals surface area contributed by atoms with Crippen molar-refractivity contribution >= 4 is 8.07 Å². The lowest BCUT2D eigenvalue weighted by Crippen LogP contribution is -2.17. The van der Waals surface area contributed by atoms with Gasteiger partial charge in [-0.1, -0.05) is 33.5 Å². The van der Waals surface area contributed by atoms with Crippen LogP contribution in [0.5, 0.6) is 0 Å². The van der Waals surface area contributed by atoms with Crippen molar-refractivity contribution in [3.63, 3.8) is 0 Å². The van der Waals surface area contributed by atoms with Crippen molar-refractivity contribution in [3.05, 3.63) is 0 Å². The fraction of sp³-hybridized carbons (Fsp3) is 0.818. The van der Waals surface area contributed by atoms with Crippen molar-refractivity contribution in [3.8, 4) is 11.5 Å². The molecule has 0 aliphatic rings. The van der Waals surface area contributed by atoms with Gasteiger partial charge in [0.1, 0.15) is 8.07 Å². The SMILES string of the molecule is C[C@H](CO)C[C@H](C)C#C[Si](C)(C)C. The van der Waals surface area contributed by atoms with Crippen molar-refractivity contribution in [2.24, 2.45) is 11.8 Å². The molecule has 0 spiro atoms. The van der Waals surface area contributed by atoms with E-state index in [1.165, 1.54) is 0 Å². The minimum Gasteiger partial charge on any atom is -0.396 e. The van der Waals surface area contributed by atoms with Gasteiger partial charge >= 0.3 is 0 Å². The highest BCUT2D eigenvalue weighted by molar-refractivity contribution is 6.83. The van der Waals surface area contributed by atoms with Crippen molar-refractivity contribution in [2.75, 3.05) is 6.61 Å². The average Bonchev–Trinajstić information content (AvgIpc) is 1.99. The van der Waals surface area contributed by atoms with E-state index >= 15 is 0 Å². The first-order chi connectivity index (χ1) is 5.85. The Morgan fingerprint density at radius 2 is 1.77 bits per heavy atom. The second-order valence-corrected chi connectivity index (χ2v) is 9.69. The molecule has 13 heavy (non-hydrogen) atoms. The number of aliphatic hydroxyl groups is 1. The summed E-state index contributed by atoms with van der Waals surface area (Å²) in [6.45, 7) is 11.2. The van der Waals surface area contributed by atoms with Crippen LogP contribution < -0.4 is 0 Å². The van der Waals surface area contributed by atoms with E-state index in [1.807, 2.05) is 0 Å². The van der Waals surface area contributed by atoms with E-state index in [1.54, 1.807) is 0 Å². The standard InChI is InChI=1S/C11H22OSi/c1-10(8-11(2)9-12)6-7-13(3,4)5/h10-12H,8-9H2,1-5H3/t10-,11+/m1/s1. The van der Waals surface area contributed by atoms with Crippen LogP contribution in [-0.4, -0.2) is 19.8 Å². The Hall–Kier alpha value is -0.263. The van der Waals surface area contributed by atoms with Crippen LogP contribution in [0.2, 0.25) is 19.6 Å². The Morgan fingerprint density at radius 3 is 2.15 bits per heavy atom. The van der Waals surface area contributed by atoms with Gasteiger partial charge in [0.2, 0.25) is 0 Å². The first kappa shape index (κ1) is 12.7. The first-order valence-corrected chi connectivity index (χ1v) is 8.48. The molecule has 76 valence electrons. The van der Waals surface area contributed by atoms with E-state index in [0.717, 1.165) is 6.42 Å². The molecule has 0 aromatic rings. The summed E-state index contributed by atoms with van der Waals surface area (Å²) in [6, 6.07) is 0. The summed E-state index contributed by atoms with van der Waals surface area (Å²) in [5.74, 6) is 4.09.